The molecule has 1 N–H and O–H groups in total. The maximum atomic E-state index is 12.6. The van der Waals surface area contributed by atoms with Crippen LogP contribution in [0.25, 0.3) is 5.65 Å². The first kappa shape index (κ1) is 7.17. The molecule has 4 nitrogen and oxygen atoms in total. The third kappa shape index (κ3) is 1.04. The maximum absolute atomic E-state index is 12.6. The van der Waals surface area contributed by atoms with Gasteiger partial charge in [-0.15, -0.1) is 5.10 Å². The number of aliphatic hydroxyl groups excluding tert-OH is 1. The number of hydrogen-bond donors (Lipinski definition) is 1. The first-order valence-electron chi connectivity index (χ1n) is 3.41. The SMILES string of the molecule is OCc1nc2cc(F)ccn2n1. The average Bonchev–Trinajstić information content (AvgIpc) is 2.46. The molecule has 2 heterocycles. The van der Waals surface area contributed by atoms with Gasteiger partial charge in [0.2, 0.25) is 0 Å². The molecular formula is C7H6FN3O. The Hall–Kier alpha value is -1.49. The predicted molar refractivity (Wildman–Crippen MR) is 38.9 cm³/mol. The van der Waals surface area contributed by atoms with Crippen molar-refractivity contribution < 1.29 is 9.50 Å². The Kier molecular flexibility index (Phi) is 1.51. The number of hydrogen-bond acceptors (Lipinski definition) is 3. The van der Waals surface area contributed by atoms with E-state index in [1.165, 1.54) is 22.8 Å². The fourth-order valence-electron chi connectivity index (χ4n) is 0.970. The fourth-order valence-corrected chi connectivity index (χ4v) is 0.970. The first-order valence-corrected chi connectivity index (χ1v) is 3.41. The van der Waals surface area contributed by atoms with Crippen LogP contribution in [0.3, 0.4) is 0 Å². The molecule has 0 atom stereocenters. The quantitative estimate of drug-likeness (QED) is 0.667. The molecule has 0 aliphatic rings. The molecule has 0 fully saturated rings. The van der Waals surface area contributed by atoms with Gasteiger partial charge < -0.3 is 5.11 Å². The lowest BCUT2D eigenvalue weighted by atomic mass is 10.5. The van der Waals surface area contributed by atoms with E-state index >= 15 is 0 Å². The fraction of sp³-hybridized carbons (Fsp3) is 0.143. The highest BCUT2D eigenvalue weighted by molar-refractivity contribution is 5.36. The van der Waals surface area contributed by atoms with Crippen molar-refractivity contribution in [1.29, 1.82) is 0 Å². The van der Waals surface area contributed by atoms with Gasteiger partial charge >= 0.3 is 0 Å². The monoisotopic (exact) mass is 167 g/mol. The minimum absolute atomic E-state index is 0.233. The minimum Gasteiger partial charge on any atom is -0.388 e. The number of nitrogens with zero attached hydrogens (tertiary/aromatic N) is 3. The molecule has 0 unspecified atom stereocenters. The molecule has 0 saturated heterocycles. The second-order valence-electron chi connectivity index (χ2n) is 2.33. The number of rotatable bonds is 1. The summed E-state index contributed by atoms with van der Waals surface area (Å²) < 4.78 is 14.0. The van der Waals surface area contributed by atoms with E-state index in [1.807, 2.05) is 0 Å². The highest BCUT2D eigenvalue weighted by atomic mass is 19.1. The van der Waals surface area contributed by atoms with E-state index in [9.17, 15) is 4.39 Å². The highest BCUT2D eigenvalue weighted by Crippen LogP contribution is 2.03. The second-order valence-corrected chi connectivity index (χ2v) is 2.33. The lowest BCUT2D eigenvalue weighted by Gasteiger charge is -1.88. The van der Waals surface area contributed by atoms with Crippen molar-refractivity contribution in [2.75, 3.05) is 0 Å². The van der Waals surface area contributed by atoms with E-state index in [-0.39, 0.29) is 12.4 Å². The molecule has 12 heavy (non-hydrogen) atoms. The Morgan fingerprint density at radius 1 is 1.58 bits per heavy atom. The smallest absolute Gasteiger partial charge is 0.177 e. The Morgan fingerprint density at radius 2 is 2.42 bits per heavy atom. The largest absolute Gasteiger partial charge is 0.388 e. The zero-order valence-electron chi connectivity index (χ0n) is 6.11. The van der Waals surface area contributed by atoms with Crippen molar-refractivity contribution in [3.05, 3.63) is 30.0 Å². The molecule has 0 radical (unpaired) electrons. The molecule has 0 amide bonds. The zero-order valence-corrected chi connectivity index (χ0v) is 6.11. The summed E-state index contributed by atoms with van der Waals surface area (Å²) >= 11 is 0. The summed E-state index contributed by atoms with van der Waals surface area (Å²) in [6, 6.07) is 2.54. The normalized spacial score (nSPS) is 10.8. The van der Waals surface area contributed by atoms with Crippen LogP contribution in [0.15, 0.2) is 18.3 Å². The summed E-state index contributed by atoms with van der Waals surface area (Å²) in [7, 11) is 0. The predicted octanol–water partition coefficient (Wildman–Crippen LogP) is 0.361. The van der Waals surface area contributed by atoms with Crippen LogP contribution in [0.4, 0.5) is 4.39 Å². The van der Waals surface area contributed by atoms with E-state index in [4.69, 9.17) is 5.11 Å². The molecule has 0 aliphatic carbocycles. The van der Waals surface area contributed by atoms with Gasteiger partial charge in [0.1, 0.15) is 12.4 Å². The summed E-state index contributed by atoms with van der Waals surface area (Å²) in [4.78, 5) is 3.85. The minimum atomic E-state index is -0.362. The van der Waals surface area contributed by atoms with Crippen LogP contribution in [-0.4, -0.2) is 19.7 Å². The molecule has 0 spiro atoms. The third-order valence-electron chi connectivity index (χ3n) is 1.48. The molecule has 2 rings (SSSR count). The lowest BCUT2D eigenvalue weighted by molar-refractivity contribution is 0.271. The van der Waals surface area contributed by atoms with Crippen LogP contribution < -0.4 is 0 Å². The number of pyridine rings is 1. The summed E-state index contributed by atoms with van der Waals surface area (Å²) in [6.45, 7) is -0.233. The van der Waals surface area contributed by atoms with E-state index in [0.717, 1.165) is 0 Å². The molecule has 2 aromatic rings. The van der Waals surface area contributed by atoms with Crippen LogP contribution in [0.5, 0.6) is 0 Å². The molecule has 62 valence electrons. The van der Waals surface area contributed by atoms with Gasteiger partial charge in [0.25, 0.3) is 0 Å². The van der Waals surface area contributed by atoms with Gasteiger partial charge in [0.15, 0.2) is 11.5 Å². The summed E-state index contributed by atoms with van der Waals surface area (Å²) in [5.41, 5.74) is 0.402. The van der Waals surface area contributed by atoms with Gasteiger partial charge in [-0.05, 0) is 6.07 Å². The van der Waals surface area contributed by atoms with Crippen molar-refractivity contribution in [2.24, 2.45) is 0 Å². The van der Waals surface area contributed by atoms with Crippen LogP contribution in [0, 0.1) is 5.82 Å². The van der Waals surface area contributed by atoms with Crippen LogP contribution in [0.1, 0.15) is 5.82 Å². The van der Waals surface area contributed by atoms with Crippen LogP contribution >= 0.6 is 0 Å². The average molecular weight is 167 g/mol. The summed E-state index contributed by atoms with van der Waals surface area (Å²) in [5.74, 6) is -0.0695. The summed E-state index contributed by atoms with van der Waals surface area (Å²) in [6.07, 6.45) is 1.46. The van der Waals surface area contributed by atoms with Crippen molar-refractivity contribution in [1.82, 2.24) is 14.6 Å². The third-order valence-corrected chi connectivity index (χ3v) is 1.48. The van der Waals surface area contributed by atoms with Gasteiger partial charge in [-0.3, -0.25) is 0 Å². The van der Waals surface area contributed by atoms with Crippen molar-refractivity contribution in [2.45, 2.75) is 6.61 Å². The standard InChI is InChI=1S/C7H6FN3O/c8-5-1-2-11-7(3-5)9-6(4-12)10-11/h1-3,12H,4H2. The van der Waals surface area contributed by atoms with Crippen molar-refractivity contribution in [3.63, 3.8) is 0 Å². The van der Waals surface area contributed by atoms with Crippen molar-refractivity contribution in [3.8, 4) is 0 Å². The van der Waals surface area contributed by atoms with Gasteiger partial charge in [0.05, 0.1) is 0 Å². The molecular weight excluding hydrogens is 161 g/mol. The van der Waals surface area contributed by atoms with Gasteiger partial charge in [-0.1, -0.05) is 0 Å². The van der Waals surface area contributed by atoms with Crippen molar-refractivity contribution >= 4 is 5.65 Å². The molecule has 0 saturated carbocycles. The van der Waals surface area contributed by atoms with E-state index in [0.29, 0.717) is 11.5 Å². The number of aromatic nitrogens is 3. The highest BCUT2D eigenvalue weighted by Gasteiger charge is 2.01. The van der Waals surface area contributed by atoms with Gasteiger partial charge in [-0.25, -0.2) is 13.9 Å². The molecule has 0 bridgehead atoms. The summed E-state index contributed by atoms with van der Waals surface area (Å²) in [5, 5.41) is 12.5. The molecule has 2 aromatic heterocycles. The Balaban J connectivity index is 2.67. The molecule has 5 heteroatoms. The molecule has 0 aliphatic heterocycles. The van der Waals surface area contributed by atoms with Gasteiger partial charge in [-0.2, -0.15) is 0 Å². The zero-order chi connectivity index (χ0) is 8.55. The van der Waals surface area contributed by atoms with E-state index in [1.54, 1.807) is 0 Å². The van der Waals surface area contributed by atoms with Gasteiger partial charge in [0, 0.05) is 12.3 Å². The molecule has 0 aromatic carbocycles. The van der Waals surface area contributed by atoms with Crippen LogP contribution in [0.2, 0.25) is 0 Å². The Morgan fingerprint density at radius 3 is 3.17 bits per heavy atom. The number of fused-ring (bicyclic) bond motifs is 1. The Bertz CT molecular complexity index is 412. The number of halogens is 1. The lowest BCUT2D eigenvalue weighted by Crippen LogP contribution is -1.88. The van der Waals surface area contributed by atoms with E-state index < -0.39 is 0 Å². The topological polar surface area (TPSA) is 50.4 Å². The van der Waals surface area contributed by atoms with Crippen LogP contribution in [-0.2, 0) is 6.61 Å². The Labute approximate surface area is 67.3 Å². The maximum Gasteiger partial charge on any atom is 0.177 e. The number of aliphatic hydroxyl groups is 1. The van der Waals surface area contributed by atoms with E-state index in [2.05, 4.69) is 10.1 Å². The first-order chi connectivity index (χ1) is 5.79. The second kappa shape index (κ2) is 2.53.